The zero-order valence-electron chi connectivity index (χ0n) is 8.50. The Balaban J connectivity index is 2.12. The number of nitrogens with zero attached hydrogens (tertiary/aromatic N) is 2. The molecule has 1 aromatic carbocycles. The van der Waals surface area contributed by atoms with E-state index in [9.17, 15) is 0 Å². The van der Waals surface area contributed by atoms with E-state index in [-0.39, 0.29) is 0 Å². The minimum atomic E-state index is 0.647. The van der Waals surface area contributed by atoms with Crippen molar-refractivity contribution in [2.45, 2.75) is 13.5 Å². The first-order valence-corrected chi connectivity index (χ1v) is 6.63. The van der Waals surface area contributed by atoms with Crippen LogP contribution in [0.2, 0.25) is 5.02 Å². The van der Waals surface area contributed by atoms with Gasteiger partial charge in [0.25, 0.3) is 0 Å². The summed E-state index contributed by atoms with van der Waals surface area (Å²) in [5.41, 5.74) is 2.94. The van der Waals surface area contributed by atoms with E-state index in [4.69, 9.17) is 11.6 Å². The van der Waals surface area contributed by atoms with Crippen molar-refractivity contribution in [1.82, 2.24) is 9.59 Å². The summed E-state index contributed by atoms with van der Waals surface area (Å²) in [6.07, 6.45) is 0. The Bertz CT molecular complexity index is 487. The molecule has 0 spiro atoms. The van der Waals surface area contributed by atoms with Crippen molar-refractivity contribution in [3.05, 3.63) is 38.3 Å². The van der Waals surface area contributed by atoms with Gasteiger partial charge in [0, 0.05) is 14.9 Å². The van der Waals surface area contributed by atoms with E-state index in [1.807, 2.05) is 24.4 Å². The van der Waals surface area contributed by atoms with Crippen LogP contribution < -0.4 is 5.32 Å². The second-order valence-electron chi connectivity index (χ2n) is 3.33. The minimum absolute atomic E-state index is 0.647. The molecule has 0 unspecified atom stereocenters. The fourth-order valence-electron chi connectivity index (χ4n) is 1.23. The Labute approximate surface area is 111 Å². The number of anilines is 1. The molecule has 0 fully saturated rings. The molecule has 0 bridgehead atoms. The highest BCUT2D eigenvalue weighted by Crippen LogP contribution is 2.29. The van der Waals surface area contributed by atoms with E-state index < -0.39 is 0 Å². The number of rotatable bonds is 3. The number of hydrogen-bond acceptors (Lipinski definition) is 4. The predicted molar refractivity (Wildman–Crippen MR) is 71.1 cm³/mol. The Morgan fingerprint density at radius 1 is 1.50 bits per heavy atom. The Hall–Kier alpha value is -0.650. The van der Waals surface area contributed by atoms with Crippen molar-refractivity contribution >= 4 is 44.8 Å². The summed E-state index contributed by atoms with van der Waals surface area (Å²) in [7, 11) is 0. The Morgan fingerprint density at radius 3 is 3.00 bits per heavy atom. The molecule has 0 aliphatic heterocycles. The lowest BCUT2D eigenvalue weighted by molar-refractivity contribution is 0.998. The fourth-order valence-corrected chi connectivity index (χ4v) is 2.44. The van der Waals surface area contributed by atoms with Gasteiger partial charge in [-0.2, -0.15) is 0 Å². The molecule has 16 heavy (non-hydrogen) atoms. The van der Waals surface area contributed by atoms with Crippen LogP contribution in [-0.2, 0) is 6.54 Å². The molecule has 0 amide bonds. The highest BCUT2D eigenvalue weighted by atomic mass is 79.9. The fraction of sp³-hybridized carbons (Fsp3) is 0.200. The average Bonchev–Trinajstić information content (AvgIpc) is 2.74. The Morgan fingerprint density at radius 2 is 2.31 bits per heavy atom. The lowest BCUT2D eigenvalue weighted by atomic mass is 10.2. The Kier molecular flexibility index (Phi) is 3.78. The van der Waals surface area contributed by atoms with Crippen LogP contribution in [-0.4, -0.2) is 9.59 Å². The van der Waals surface area contributed by atoms with E-state index in [1.165, 1.54) is 11.5 Å². The van der Waals surface area contributed by atoms with Crippen molar-refractivity contribution in [3.8, 4) is 0 Å². The monoisotopic (exact) mass is 317 g/mol. The third-order valence-electron chi connectivity index (χ3n) is 2.11. The molecule has 1 aromatic heterocycles. The zero-order valence-corrected chi connectivity index (χ0v) is 11.7. The van der Waals surface area contributed by atoms with E-state index in [0.717, 1.165) is 26.4 Å². The number of benzene rings is 1. The molecule has 3 nitrogen and oxygen atoms in total. The summed E-state index contributed by atoms with van der Waals surface area (Å²) in [6, 6.07) is 3.89. The number of aryl methyl sites for hydroxylation is 1. The van der Waals surface area contributed by atoms with Crippen LogP contribution in [0.15, 0.2) is 22.0 Å². The maximum atomic E-state index is 6.06. The van der Waals surface area contributed by atoms with Crippen LogP contribution in [0.25, 0.3) is 0 Å². The van der Waals surface area contributed by atoms with Gasteiger partial charge in [-0.1, -0.05) is 16.1 Å². The molecular weight excluding hydrogens is 310 g/mol. The number of aromatic nitrogens is 2. The smallest absolute Gasteiger partial charge is 0.0946 e. The second kappa shape index (κ2) is 5.12. The molecule has 2 rings (SSSR count). The lowest BCUT2D eigenvalue weighted by Crippen LogP contribution is -2.00. The van der Waals surface area contributed by atoms with Crippen LogP contribution in [0, 0.1) is 6.92 Å². The van der Waals surface area contributed by atoms with Gasteiger partial charge in [-0.05, 0) is 52.1 Å². The van der Waals surface area contributed by atoms with Gasteiger partial charge in [0.05, 0.1) is 17.9 Å². The first-order chi connectivity index (χ1) is 7.66. The number of hydrogen-bond donors (Lipinski definition) is 1. The van der Waals surface area contributed by atoms with E-state index in [2.05, 4.69) is 30.8 Å². The van der Waals surface area contributed by atoms with Crippen molar-refractivity contribution in [3.63, 3.8) is 0 Å². The second-order valence-corrected chi connectivity index (χ2v) is 5.20. The maximum absolute atomic E-state index is 6.06. The van der Waals surface area contributed by atoms with Gasteiger partial charge in [-0.25, -0.2) is 0 Å². The predicted octanol–water partition coefficient (Wildman–Crippen LogP) is 3.87. The van der Waals surface area contributed by atoms with Crippen LogP contribution in [0.4, 0.5) is 5.69 Å². The van der Waals surface area contributed by atoms with Gasteiger partial charge in [0.1, 0.15) is 0 Å². The zero-order chi connectivity index (χ0) is 11.5. The molecule has 0 aliphatic carbocycles. The molecule has 84 valence electrons. The van der Waals surface area contributed by atoms with Crippen molar-refractivity contribution in [1.29, 1.82) is 0 Å². The summed E-state index contributed by atoms with van der Waals surface area (Å²) >= 11 is 10.9. The van der Waals surface area contributed by atoms with Gasteiger partial charge >= 0.3 is 0 Å². The average molecular weight is 319 g/mol. The van der Waals surface area contributed by atoms with Crippen LogP contribution in [0.1, 0.15) is 11.3 Å². The summed E-state index contributed by atoms with van der Waals surface area (Å²) in [5.74, 6) is 0. The van der Waals surface area contributed by atoms with E-state index >= 15 is 0 Å². The summed E-state index contributed by atoms with van der Waals surface area (Å²) < 4.78 is 4.80. The lowest BCUT2D eigenvalue weighted by Gasteiger charge is -2.09. The standard InChI is InChI=1S/C10H9BrClN3S/c1-6-2-8(11)10(3-9(6)12)13-4-7-5-16-15-14-7/h2-3,5,13H,4H2,1H3. The van der Waals surface area contributed by atoms with Gasteiger partial charge in [0.2, 0.25) is 0 Å². The van der Waals surface area contributed by atoms with Crippen molar-refractivity contribution < 1.29 is 0 Å². The molecule has 0 saturated carbocycles. The van der Waals surface area contributed by atoms with E-state index in [0.29, 0.717) is 6.54 Å². The topological polar surface area (TPSA) is 37.8 Å². The molecule has 2 aromatic rings. The van der Waals surface area contributed by atoms with Gasteiger partial charge in [-0.15, -0.1) is 5.10 Å². The minimum Gasteiger partial charge on any atom is -0.378 e. The maximum Gasteiger partial charge on any atom is 0.0946 e. The highest BCUT2D eigenvalue weighted by Gasteiger charge is 2.04. The van der Waals surface area contributed by atoms with Crippen LogP contribution in [0.3, 0.4) is 0 Å². The molecule has 1 N–H and O–H groups in total. The highest BCUT2D eigenvalue weighted by molar-refractivity contribution is 9.10. The van der Waals surface area contributed by atoms with Gasteiger partial charge in [0.15, 0.2) is 0 Å². The molecule has 0 atom stereocenters. The van der Waals surface area contributed by atoms with Gasteiger partial charge in [-0.3, -0.25) is 0 Å². The molecule has 1 heterocycles. The quantitative estimate of drug-likeness (QED) is 0.933. The van der Waals surface area contributed by atoms with Gasteiger partial charge < -0.3 is 5.32 Å². The molecule has 0 saturated heterocycles. The molecule has 6 heteroatoms. The third-order valence-corrected chi connectivity index (χ3v) is 3.73. The van der Waals surface area contributed by atoms with Crippen molar-refractivity contribution in [2.24, 2.45) is 0 Å². The first kappa shape index (κ1) is 11.8. The molecule has 0 radical (unpaired) electrons. The molecule has 0 aliphatic rings. The third kappa shape index (κ3) is 2.72. The SMILES string of the molecule is Cc1cc(Br)c(NCc2csnn2)cc1Cl. The van der Waals surface area contributed by atoms with Crippen LogP contribution in [0.5, 0.6) is 0 Å². The van der Waals surface area contributed by atoms with E-state index in [1.54, 1.807) is 0 Å². The largest absolute Gasteiger partial charge is 0.378 e. The molecular formula is C10H9BrClN3S. The summed E-state index contributed by atoms with van der Waals surface area (Å²) in [5, 5.41) is 9.88. The van der Waals surface area contributed by atoms with Crippen LogP contribution >= 0.6 is 39.1 Å². The first-order valence-electron chi connectivity index (χ1n) is 4.62. The normalized spacial score (nSPS) is 10.4. The van der Waals surface area contributed by atoms with Crippen molar-refractivity contribution in [2.75, 3.05) is 5.32 Å². The number of nitrogens with one attached hydrogen (secondary N) is 1. The summed E-state index contributed by atoms with van der Waals surface area (Å²) in [6.45, 7) is 2.62. The number of halogens is 2. The summed E-state index contributed by atoms with van der Waals surface area (Å²) in [4.78, 5) is 0.